The van der Waals surface area contributed by atoms with Crippen LogP contribution in [0.3, 0.4) is 0 Å². The molecule has 4 rings (SSSR count). The van der Waals surface area contributed by atoms with Gasteiger partial charge in [0.25, 0.3) is 5.69 Å². The monoisotopic (exact) mass is 398 g/mol. The van der Waals surface area contributed by atoms with Crippen LogP contribution in [0, 0.1) is 10.1 Å². The molecule has 6 nitrogen and oxygen atoms in total. The van der Waals surface area contributed by atoms with Crippen molar-refractivity contribution in [3.05, 3.63) is 67.7 Å². The Balaban J connectivity index is 1.89. The number of allylic oxidation sites excluding steroid dienone is 1. The molecule has 7 heteroatoms. The number of carbonyl (C=O) groups is 1. The second kappa shape index (κ2) is 7.39. The minimum absolute atomic E-state index is 0.0191. The first kappa shape index (κ1) is 18.7. The molecule has 1 aromatic carbocycles. The summed E-state index contributed by atoms with van der Waals surface area (Å²) >= 11 is 1.60. The molecule has 2 N–H and O–H groups in total. The molecule has 0 radical (unpaired) electrons. The lowest BCUT2D eigenvalue weighted by atomic mass is 9.76. The highest BCUT2D eigenvalue weighted by Gasteiger charge is 2.37. The lowest BCUT2D eigenvalue weighted by molar-refractivity contribution is -0.384. The summed E-state index contributed by atoms with van der Waals surface area (Å²) in [6, 6.07) is 6.39. The van der Waals surface area contributed by atoms with E-state index in [1.54, 1.807) is 30.4 Å². The number of hydrogen-bond acceptors (Lipinski definition) is 5. The number of nitrogens with one attached hydrogen (secondary N) is 1. The van der Waals surface area contributed by atoms with E-state index in [1.807, 2.05) is 0 Å². The highest BCUT2D eigenvalue weighted by atomic mass is 32.1. The van der Waals surface area contributed by atoms with Crippen molar-refractivity contribution in [1.82, 2.24) is 0 Å². The third-order valence-electron chi connectivity index (χ3n) is 5.83. The number of rotatable bonds is 4. The Morgan fingerprint density at radius 3 is 2.71 bits per heavy atom. The van der Waals surface area contributed by atoms with Gasteiger partial charge in [-0.2, -0.15) is 0 Å². The number of carboxylic acids is 1. The van der Waals surface area contributed by atoms with Gasteiger partial charge in [-0.1, -0.05) is 31.4 Å². The second-order valence-corrected chi connectivity index (χ2v) is 8.40. The summed E-state index contributed by atoms with van der Waals surface area (Å²) in [5.41, 5.74) is 3.69. The zero-order valence-electron chi connectivity index (χ0n) is 15.6. The van der Waals surface area contributed by atoms with Crippen LogP contribution in [-0.2, 0) is 4.79 Å². The molecule has 1 unspecified atom stereocenters. The third-order valence-corrected chi connectivity index (χ3v) is 6.76. The second-order valence-electron chi connectivity index (χ2n) is 7.52. The van der Waals surface area contributed by atoms with Crippen LogP contribution in [0.25, 0.3) is 0 Å². The maximum atomic E-state index is 12.2. The number of anilines is 1. The van der Waals surface area contributed by atoms with Crippen molar-refractivity contribution >= 4 is 28.0 Å². The molecule has 2 aromatic rings. The van der Waals surface area contributed by atoms with E-state index in [2.05, 4.69) is 10.7 Å². The highest BCUT2D eigenvalue weighted by Crippen LogP contribution is 2.50. The minimum Gasteiger partial charge on any atom is -0.478 e. The minimum atomic E-state index is -0.993. The molecule has 146 valence electrons. The van der Waals surface area contributed by atoms with Crippen molar-refractivity contribution in [3.63, 3.8) is 0 Å². The van der Waals surface area contributed by atoms with Gasteiger partial charge in [-0.05, 0) is 42.2 Å². The molecule has 0 saturated heterocycles. The molecule has 28 heavy (non-hydrogen) atoms. The zero-order chi connectivity index (χ0) is 19.8. The summed E-state index contributed by atoms with van der Waals surface area (Å²) < 4.78 is 0. The number of non-ortho nitro benzene ring substituents is 1. The number of nitro groups is 1. The summed E-state index contributed by atoms with van der Waals surface area (Å²) in [6.45, 7) is 1.76. The molecule has 1 fully saturated rings. The van der Waals surface area contributed by atoms with E-state index in [0.717, 1.165) is 23.4 Å². The van der Waals surface area contributed by atoms with Crippen LogP contribution in [0.15, 0.2) is 40.9 Å². The smallest absolute Gasteiger partial charge is 0.334 e. The van der Waals surface area contributed by atoms with Crippen molar-refractivity contribution < 1.29 is 14.8 Å². The van der Waals surface area contributed by atoms with E-state index < -0.39 is 16.8 Å². The molecule has 2 heterocycles. The Morgan fingerprint density at radius 2 is 2.04 bits per heavy atom. The molecule has 1 aromatic heterocycles. The highest BCUT2D eigenvalue weighted by molar-refractivity contribution is 7.14. The molecule has 1 saturated carbocycles. The fourth-order valence-corrected chi connectivity index (χ4v) is 5.68. The summed E-state index contributed by atoms with van der Waals surface area (Å²) in [4.78, 5) is 23.0. The van der Waals surface area contributed by atoms with Crippen molar-refractivity contribution in [1.29, 1.82) is 0 Å². The van der Waals surface area contributed by atoms with Crippen LogP contribution < -0.4 is 5.32 Å². The third kappa shape index (κ3) is 3.20. The van der Waals surface area contributed by atoms with Crippen molar-refractivity contribution in [3.8, 4) is 0 Å². The quantitative estimate of drug-likeness (QED) is 0.515. The first-order valence-corrected chi connectivity index (χ1v) is 10.4. The topological polar surface area (TPSA) is 92.5 Å². The lowest BCUT2D eigenvalue weighted by Crippen LogP contribution is -2.23. The number of nitro benzene ring substituents is 1. The number of thiophene rings is 1. The van der Waals surface area contributed by atoms with Gasteiger partial charge in [0.15, 0.2) is 0 Å². The van der Waals surface area contributed by atoms with E-state index in [4.69, 9.17) is 0 Å². The molecular weight excluding hydrogens is 376 g/mol. The van der Waals surface area contributed by atoms with Crippen LogP contribution in [0.5, 0.6) is 0 Å². The van der Waals surface area contributed by atoms with Gasteiger partial charge in [-0.15, -0.1) is 11.3 Å². The van der Waals surface area contributed by atoms with Gasteiger partial charge in [0.2, 0.25) is 0 Å². The van der Waals surface area contributed by atoms with E-state index in [1.165, 1.54) is 37.0 Å². The Hall–Kier alpha value is -2.67. The Kier molecular flexibility index (Phi) is 4.93. The standard InChI is InChI=1S/C21H22N2O4S/c1-12-17(21(24)25)18(14-8-5-9-15(10-14)23(26)27)19-16(11-28-20(19)22-12)13-6-3-2-4-7-13/h5,8-11,13,18,22H,2-4,6-7H2,1H3,(H,24,25). The summed E-state index contributed by atoms with van der Waals surface area (Å²) in [6.07, 6.45) is 5.83. The lowest BCUT2D eigenvalue weighted by Gasteiger charge is -2.30. The summed E-state index contributed by atoms with van der Waals surface area (Å²) in [5, 5.41) is 27.6. The normalized spacial score (nSPS) is 19.8. The summed E-state index contributed by atoms with van der Waals surface area (Å²) in [5.74, 6) is -1.07. The van der Waals surface area contributed by atoms with Gasteiger partial charge < -0.3 is 10.4 Å². The summed E-state index contributed by atoms with van der Waals surface area (Å²) in [7, 11) is 0. The SMILES string of the molecule is CC1=C(C(=O)O)C(c2cccc([N+](=O)[O-])c2)c2c(C3CCCCC3)csc2N1. The molecule has 0 bridgehead atoms. The Morgan fingerprint density at radius 1 is 1.29 bits per heavy atom. The number of benzene rings is 1. The van der Waals surface area contributed by atoms with Gasteiger partial charge >= 0.3 is 5.97 Å². The van der Waals surface area contributed by atoms with Gasteiger partial charge in [0, 0.05) is 29.3 Å². The van der Waals surface area contributed by atoms with Gasteiger partial charge in [-0.3, -0.25) is 10.1 Å². The Labute approximate surface area is 167 Å². The van der Waals surface area contributed by atoms with Crippen LogP contribution in [0.4, 0.5) is 10.7 Å². The number of fused-ring (bicyclic) bond motifs is 1. The molecule has 0 spiro atoms. The van der Waals surface area contributed by atoms with Gasteiger partial charge in [0.1, 0.15) is 0 Å². The van der Waals surface area contributed by atoms with E-state index in [0.29, 0.717) is 17.2 Å². The number of aliphatic carboxylic acids is 1. The van der Waals surface area contributed by atoms with E-state index >= 15 is 0 Å². The molecule has 0 amide bonds. The molecule has 2 aliphatic rings. The fraction of sp³-hybridized carbons (Fsp3) is 0.381. The number of carboxylic acid groups (broad SMARTS) is 1. The van der Waals surface area contributed by atoms with Crippen molar-refractivity contribution in [2.45, 2.75) is 50.9 Å². The predicted molar refractivity (Wildman–Crippen MR) is 109 cm³/mol. The van der Waals surface area contributed by atoms with Crippen LogP contribution >= 0.6 is 11.3 Å². The maximum absolute atomic E-state index is 12.2. The first-order chi connectivity index (χ1) is 13.5. The average Bonchev–Trinajstić information content (AvgIpc) is 3.10. The number of nitrogens with zero attached hydrogens (tertiary/aromatic N) is 1. The van der Waals surface area contributed by atoms with Crippen molar-refractivity contribution in [2.75, 3.05) is 5.32 Å². The molecule has 1 atom stereocenters. The van der Waals surface area contributed by atoms with E-state index in [-0.39, 0.29) is 11.3 Å². The molecule has 1 aliphatic carbocycles. The Bertz CT molecular complexity index is 973. The van der Waals surface area contributed by atoms with Crippen LogP contribution in [0.1, 0.15) is 67.6 Å². The van der Waals surface area contributed by atoms with Crippen LogP contribution in [0.2, 0.25) is 0 Å². The van der Waals surface area contributed by atoms with Gasteiger partial charge in [-0.25, -0.2) is 4.79 Å². The molecular formula is C21H22N2O4S. The fourth-order valence-electron chi connectivity index (χ4n) is 4.54. The number of hydrogen-bond donors (Lipinski definition) is 2. The molecule has 1 aliphatic heterocycles. The first-order valence-electron chi connectivity index (χ1n) is 9.54. The van der Waals surface area contributed by atoms with Crippen LogP contribution in [-0.4, -0.2) is 16.0 Å². The maximum Gasteiger partial charge on any atom is 0.334 e. The van der Waals surface area contributed by atoms with Crippen molar-refractivity contribution in [2.24, 2.45) is 0 Å². The largest absolute Gasteiger partial charge is 0.478 e. The zero-order valence-corrected chi connectivity index (χ0v) is 16.4. The average molecular weight is 398 g/mol. The van der Waals surface area contributed by atoms with Gasteiger partial charge in [0.05, 0.1) is 15.5 Å². The van der Waals surface area contributed by atoms with E-state index in [9.17, 15) is 20.0 Å². The predicted octanol–water partition coefficient (Wildman–Crippen LogP) is 5.62.